The van der Waals surface area contributed by atoms with Gasteiger partial charge in [0.2, 0.25) is 5.91 Å². The molecule has 31 heavy (non-hydrogen) atoms. The molecule has 0 radical (unpaired) electrons. The summed E-state index contributed by atoms with van der Waals surface area (Å²) in [5, 5.41) is 12.1. The van der Waals surface area contributed by atoms with Crippen molar-refractivity contribution in [1.82, 2.24) is 14.8 Å². The van der Waals surface area contributed by atoms with Gasteiger partial charge in [0.15, 0.2) is 10.9 Å². The van der Waals surface area contributed by atoms with Crippen molar-refractivity contribution in [3.8, 4) is 5.69 Å². The molecule has 1 aliphatic rings. The second-order valence-corrected chi connectivity index (χ2v) is 9.09. The Bertz CT molecular complexity index is 1060. The van der Waals surface area contributed by atoms with Crippen molar-refractivity contribution in [2.75, 3.05) is 5.32 Å². The fraction of sp³-hybridized carbons (Fsp3) is 0.333. The number of nitrogens with zero attached hydrogens (tertiary/aromatic N) is 3. The monoisotopic (exact) mass is 434 g/mol. The number of hydrogen-bond donors (Lipinski definition) is 1. The SMILES string of the molecule is CCCC(=O)Nc1ccc(C(=O)C(C)Sc2nnc(C3CC3)n2-c2ccccc2)cc1. The van der Waals surface area contributed by atoms with E-state index >= 15 is 0 Å². The van der Waals surface area contributed by atoms with E-state index in [0.717, 1.165) is 35.9 Å². The number of benzene rings is 2. The fourth-order valence-electron chi connectivity index (χ4n) is 3.40. The standard InChI is InChI=1S/C24H26N4O2S/c1-3-7-21(29)25-19-14-12-17(13-15-19)22(30)16(2)31-24-27-26-23(18-10-11-18)28(24)20-8-5-4-6-9-20/h4-6,8-9,12-16,18H,3,7,10-11H2,1-2H3,(H,25,29). The molecule has 0 spiro atoms. The van der Waals surface area contributed by atoms with Crippen LogP contribution >= 0.6 is 11.8 Å². The van der Waals surface area contributed by atoms with Gasteiger partial charge in [-0.2, -0.15) is 0 Å². The van der Waals surface area contributed by atoms with Gasteiger partial charge in [0.25, 0.3) is 0 Å². The van der Waals surface area contributed by atoms with Gasteiger partial charge in [-0.05, 0) is 62.6 Å². The van der Waals surface area contributed by atoms with Crippen LogP contribution in [0.4, 0.5) is 5.69 Å². The predicted octanol–water partition coefficient (Wildman–Crippen LogP) is 5.25. The number of nitrogens with one attached hydrogen (secondary N) is 1. The summed E-state index contributed by atoms with van der Waals surface area (Å²) >= 11 is 1.43. The topological polar surface area (TPSA) is 76.9 Å². The van der Waals surface area contributed by atoms with Crippen LogP contribution in [0.15, 0.2) is 59.8 Å². The van der Waals surface area contributed by atoms with Crippen molar-refractivity contribution < 1.29 is 9.59 Å². The van der Waals surface area contributed by atoms with Gasteiger partial charge >= 0.3 is 0 Å². The Morgan fingerprint density at radius 3 is 2.45 bits per heavy atom. The Morgan fingerprint density at radius 2 is 1.81 bits per heavy atom. The van der Waals surface area contributed by atoms with E-state index in [1.807, 2.05) is 44.2 Å². The number of carbonyl (C=O) groups is 2. The number of para-hydroxylation sites is 1. The first kappa shape index (κ1) is 21.3. The Labute approximate surface area is 186 Å². The van der Waals surface area contributed by atoms with Crippen molar-refractivity contribution >= 4 is 29.1 Å². The highest BCUT2D eigenvalue weighted by molar-refractivity contribution is 8.00. The van der Waals surface area contributed by atoms with Gasteiger partial charge in [0.1, 0.15) is 5.82 Å². The summed E-state index contributed by atoms with van der Waals surface area (Å²) < 4.78 is 2.08. The summed E-state index contributed by atoms with van der Waals surface area (Å²) in [6.45, 7) is 3.86. The lowest BCUT2D eigenvalue weighted by Gasteiger charge is -2.13. The molecule has 1 heterocycles. The Morgan fingerprint density at radius 1 is 1.10 bits per heavy atom. The van der Waals surface area contributed by atoms with Gasteiger partial charge < -0.3 is 5.32 Å². The molecular weight excluding hydrogens is 408 g/mol. The van der Waals surface area contributed by atoms with Crippen LogP contribution in [-0.2, 0) is 4.79 Å². The van der Waals surface area contributed by atoms with Crippen molar-refractivity contribution in [2.24, 2.45) is 0 Å². The van der Waals surface area contributed by atoms with E-state index in [9.17, 15) is 9.59 Å². The number of thioether (sulfide) groups is 1. The van der Waals surface area contributed by atoms with Crippen LogP contribution in [0.1, 0.15) is 61.6 Å². The molecule has 3 aromatic rings. The predicted molar refractivity (Wildman–Crippen MR) is 123 cm³/mol. The van der Waals surface area contributed by atoms with Crippen LogP contribution in [0, 0.1) is 0 Å². The van der Waals surface area contributed by atoms with E-state index in [1.54, 1.807) is 24.3 Å². The third-order valence-electron chi connectivity index (χ3n) is 5.20. The maximum absolute atomic E-state index is 13.0. The van der Waals surface area contributed by atoms with E-state index in [0.29, 0.717) is 23.6 Å². The summed E-state index contributed by atoms with van der Waals surface area (Å²) in [5.41, 5.74) is 2.33. The van der Waals surface area contributed by atoms with Crippen molar-refractivity contribution in [3.63, 3.8) is 0 Å². The molecule has 0 bridgehead atoms. The highest BCUT2D eigenvalue weighted by Gasteiger charge is 2.32. The Hall–Kier alpha value is -2.93. The summed E-state index contributed by atoms with van der Waals surface area (Å²) in [6.07, 6.45) is 3.54. The Kier molecular flexibility index (Phi) is 6.51. The molecule has 2 aromatic carbocycles. The van der Waals surface area contributed by atoms with Gasteiger partial charge in [-0.25, -0.2) is 0 Å². The minimum Gasteiger partial charge on any atom is -0.326 e. The normalized spacial score (nSPS) is 14.3. The molecule has 160 valence electrons. The molecule has 4 rings (SSSR count). The lowest BCUT2D eigenvalue weighted by atomic mass is 10.1. The molecule has 6 nitrogen and oxygen atoms in total. The van der Waals surface area contributed by atoms with Crippen molar-refractivity contribution in [1.29, 1.82) is 0 Å². The van der Waals surface area contributed by atoms with Gasteiger partial charge in [0, 0.05) is 29.3 Å². The summed E-state index contributed by atoms with van der Waals surface area (Å²) in [6, 6.07) is 17.1. The maximum atomic E-state index is 13.0. The molecule has 1 saturated carbocycles. The number of rotatable bonds is 9. The van der Waals surface area contributed by atoms with Crippen LogP contribution < -0.4 is 5.32 Å². The molecule has 1 aromatic heterocycles. The molecule has 0 saturated heterocycles. The third-order valence-corrected chi connectivity index (χ3v) is 6.24. The average molecular weight is 435 g/mol. The molecule has 7 heteroatoms. The van der Waals surface area contributed by atoms with Gasteiger partial charge in [0.05, 0.1) is 5.25 Å². The second-order valence-electron chi connectivity index (χ2n) is 7.79. The second kappa shape index (κ2) is 9.47. The van der Waals surface area contributed by atoms with E-state index in [-0.39, 0.29) is 16.9 Å². The quantitative estimate of drug-likeness (QED) is 0.368. The minimum atomic E-state index is -0.320. The first-order valence-electron chi connectivity index (χ1n) is 10.7. The number of amides is 1. The molecular formula is C24H26N4O2S. The largest absolute Gasteiger partial charge is 0.326 e. The first-order valence-corrected chi connectivity index (χ1v) is 11.6. The Balaban J connectivity index is 1.49. The number of Topliss-reactive ketones (excluding diaryl/α,β-unsaturated/α-hetero) is 1. The molecule has 0 aliphatic heterocycles. The highest BCUT2D eigenvalue weighted by Crippen LogP contribution is 2.41. The first-order chi connectivity index (χ1) is 15.1. The molecule has 1 fully saturated rings. The molecule has 1 N–H and O–H groups in total. The summed E-state index contributed by atoms with van der Waals surface area (Å²) in [5.74, 6) is 1.42. The van der Waals surface area contributed by atoms with Crippen LogP contribution in [-0.4, -0.2) is 31.7 Å². The molecule has 1 aliphatic carbocycles. The summed E-state index contributed by atoms with van der Waals surface area (Å²) in [7, 11) is 0. The molecule has 1 amide bonds. The van der Waals surface area contributed by atoms with E-state index in [4.69, 9.17) is 0 Å². The van der Waals surface area contributed by atoms with Crippen LogP contribution in [0.2, 0.25) is 0 Å². The third kappa shape index (κ3) is 5.05. The average Bonchev–Trinajstić information content (AvgIpc) is 3.55. The summed E-state index contributed by atoms with van der Waals surface area (Å²) in [4.78, 5) is 24.8. The number of anilines is 1. The zero-order chi connectivity index (χ0) is 21.8. The van der Waals surface area contributed by atoms with Crippen molar-refractivity contribution in [3.05, 3.63) is 66.0 Å². The van der Waals surface area contributed by atoms with Gasteiger partial charge in [-0.1, -0.05) is 36.9 Å². The molecule has 1 unspecified atom stereocenters. The fourth-order valence-corrected chi connectivity index (χ4v) is 4.35. The van der Waals surface area contributed by atoms with E-state index in [1.165, 1.54) is 11.8 Å². The van der Waals surface area contributed by atoms with Gasteiger partial charge in [-0.3, -0.25) is 14.2 Å². The van der Waals surface area contributed by atoms with E-state index in [2.05, 4.69) is 20.1 Å². The zero-order valence-electron chi connectivity index (χ0n) is 17.7. The van der Waals surface area contributed by atoms with E-state index < -0.39 is 0 Å². The maximum Gasteiger partial charge on any atom is 0.224 e. The lowest BCUT2D eigenvalue weighted by molar-refractivity contribution is -0.116. The smallest absolute Gasteiger partial charge is 0.224 e. The number of hydrogen-bond acceptors (Lipinski definition) is 5. The number of ketones is 1. The minimum absolute atomic E-state index is 0.0165. The van der Waals surface area contributed by atoms with Crippen LogP contribution in [0.5, 0.6) is 0 Å². The highest BCUT2D eigenvalue weighted by atomic mass is 32.2. The van der Waals surface area contributed by atoms with Crippen LogP contribution in [0.25, 0.3) is 5.69 Å². The number of carbonyl (C=O) groups excluding carboxylic acids is 2. The van der Waals surface area contributed by atoms with Crippen molar-refractivity contribution in [2.45, 2.75) is 55.9 Å². The zero-order valence-corrected chi connectivity index (χ0v) is 18.6. The lowest BCUT2D eigenvalue weighted by Crippen LogP contribution is -2.15. The number of aromatic nitrogens is 3. The van der Waals surface area contributed by atoms with Crippen LogP contribution in [0.3, 0.4) is 0 Å². The van der Waals surface area contributed by atoms with Gasteiger partial charge in [-0.15, -0.1) is 10.2 Å². The molecule has 1 atom stereocenters.